The fourth-order valence-corrected chi connectivity index (χ4v) is 3.23. The maximum Gasteiger partial charge on any atom is 0.425 e. The van der Waals surface area contributed by atoms with Crippen LogP contribution in [0.5, 0.6) is 0 Å². The molecule has 4 aromatic rings. The van der Waals surface area contributed by atoms with Crippen LogP contribution in [0.4, 0.5) is 17.6 Å². The second kappa shape index (κ2) is 8.35. The van der Waals surface area contributed by atoms with E-state index in [2.05, 4.69) is 20.1 Å². The Bertz CT molecular complexity index is 1380. The molecular weight excluding hydrogens is 472 g/mol. The molecule has 0 bridgehead atoms. The quantitative estimate of drug-likeness (QED) is 0.335. The van der Waals surface area contributed by atoms with Gasteiger partial charge in [0.1, 0.15) is 22.7 Å². The number of nitrogens with zero attached hydrogens (tertiary/aromatic N) is 3. The first kappa shape index (κ1) is 22.5. The number of furan rings is 1. The van der Waals surface area contributed by atoms with Crippen molar-refractivity contribution >= 4 is 40.1 Å². The molecule has 4 rings (SSSR count). The number of hydrogen-bond donors (Lipinski definition) is 1. The molecule has 8 nitrogen and oxygen atoms in total. The topological polar surface area (TPSA) is 98.7 Å². The van der Waals surface area contributed by atoms with E-state index in [9.17, 15) is 27.2 Å². The van der Waals surface area contributed by atoms with Crippen molar-refractivity contribution in [1.82, 2.24) is 19.9 Å². The van der Waals surface area contributed by atoms with E-state index < -0.39 is 35.5 Å². The minimum atomic E-state index is -4.80. The third kappa shape index (κ3) is 4.33. The molecule has 3 heterocycles. The summed E-state index contributed by atoms with van der Waals surface area (Å²) in [6.45, 7) is 0.366. The number of halogens is 5. The standard InChI is InChI=1S/C20H13ClF4N4O4/c1-9(20(23,24)25)32-19(31)12-6-10(22)5-11-15(21)14(33-16(11)12)8-27-18(30)13-7-28-29-4-2-3-26-17(13)29/h2-7,9H,8H2,1H3,(H,27,30). The van der Waals surface area contributed by atoms with Gasteiger partial charge in [-0.1, -0.05) is 11.6 Å². The van der Waals surface area contributed by atoms with Crippen LogP contribution in [0.3, 0.4) is 0 Å². The molecule has 1 amide bonds. The van der Waals surface area contributed by atoms with Crippen LogP contribution in [-0.4, -0.2) is 38.8 Å². The summed E-state index contributed by atoms with van der Waals surface area (Å²) in [7, 11) is 0. The van der Waals surface area contributed by atoms with Crippen LogP contribution in [0.1, 0.15) is 33.4 Å². The Morgan fingerprint density at radius 1 is 1.30 bits per heavy atom. The van der Waals surface area contributed by atoms with Crippen molar-refractivity contribution in [3.05, 3.63) is 64.5 Å². The molecule has 0 radical (unpaired) electrons. The van der Waals surface area contributed by atoms with Crippen molar-refractivity contribution in [2.75, 3.05) is 0 Å². The van der Waals surface area contributed by atoms with Gasteiger partial charge in [-0.25, -0.2) is 18.7 Å². The Labute approximate surface area is 187 Å². The van der Waals surface area contributed by atoms with Crippen molar-refractivity contribution in [3.63, 3.8) is 0 Å². The Balaban J connectivity index is 1.60. The third-order valence-corrected chi connectivity index (χ3v) is 5.07. The van der Waals surface area contributed by atoms with Gasteiger partial charge in [0.2, 0.25) is 0 Å². The van der Waals surface area contributed by atoms with Crippen molar-refractivity contribution < 1.29 is 36.3 Å². The molecule has 1 N–H and O–H groups in total. The van der Waals surface area contributed by atoms with Crippen molar-refractivity contribution in [2.45, 2.75) is 25.7 Å². The summed E-state index contributed by atoms with van der Waals surface area (Å²) >= 11 is 6.21. The highest BCUT2D eigenvalue weighted by Crippen LogP contribution is 2.34. The van der Waals surface area contributed by atoms with E-state index in [0.29, 0.717) is 18.6 Å². The predicted molar refractivity (Wildman–Crippen MR) is 106 cm³/mol. The fraction of sp³-hybridized carbons (Fsp3) is 0.200. The Morgan fingerprint density at radius 3 is 2.79 bits per heavy atom. The number of ether oxygens (including phenoxy) is 1. The van der Waals surface area contributed by atoms with E-state index in [0.717, 1.165) is 6.07 Å². The second-order valence-electron chi connectivity index (χ2n) is 6.89. The minimum Gasteiger partial charge on any atom is -0.457 e. The molecule has 172 valence electrons. The number of rotatable bonds is 5. The number of hydrogen-bond acceptors (Lipinski definition) is 6. The van der Waals surface area contributed by atoms with Gasteiger partial charge in [0, 0.05) is 17.8 Å². The fourth-order valence-electron chi connectivity index (χ4n) is 2.98. The summed E-state index contributed by atoms with van der Waals surface area (Å²) in [6.07, 6.45) is -2.83. The van der Waals surface area contributed by atoms with Crippen molar-refractivity contribution in [2.24, 2.45) is 0 Å². The first-order valence-corrected chi connectivity index (χ1v) is 9.68. The third-order valence-electron chi connectivity index (χ3n) is 4.66. The Kier molecular flexibility index (Phi) is 5.70. The number of carbonyl (C=O) groups excluding carboxylic acids is 2. The van der Waals surface area contributed by atoms with Crippen LogP contribution < -0.4 is 5.32 Å². The number of carbonyl (C=O) groups is 2. The van der Waals surface area contributed by atoms with Crippen molar-refractivity contribution in [3.8, 4) is 0 Å². The molecule has 0 aliphatic rings. The number of alkyl halides is 3. The van der Waals surface area contributed by atoms with Crippen LogP contribution in [0.15, 0.2) is 41.2 Å². The van der Waals surface area contributed by atoms with E-state index in [4.69, 9.17) is 16.0 Å². The van der Waals surface area contributed by atoms with Gasteiger partial charge in [0.05, 0.1) is 17.8 Å². The molecule has 3 aromatic heterocycles. The molecule has 13 heteroatoms. The molecule has 0 aliphatic carbocycles. The van der Waals surface area contributed by atoms with E-state index in [-0.39, 0.29) is 33.9 Å². The average molecular weight is 485 g/mol. The summed E-state index contributed by atoms with van der Waals surface area (Å²) in [6, 6.07) is 3.26. The first-order valence-electron chi connectivity index (χ1n) is 9.31. The smallest absolute Gasteiger partial charge is 0.425 e. The molecule has 33 heavy (non-hydrogen) atoms. The van der Waals surface area contributed by atoms with Crippen LogP contribution >= 0.6 is 11.6 Å². The van der Waals surface area contributed by atoms with Crippen LogP contribution in [-0.2, 0) is 11.3 Å². The lowest BCUT2D eigenvalue weighted by molar-refractivity contribution is -0.198. The van der Waals surface area contributed by atoms with Gasteiger partial charge in [-0.2, -0.15) is 18.3 Å². The Hall–Kier alpha value is -3.67. The highest BCUT2D eigenvalue weighted by atomic mass is 35.5. The van der Waals surface area contributed by atoms with Crippen LogP contribution in [0.25, 0.3) is 16.6 Å². The summed E-state index contributed by atoms with van der Waals surface area (Å²) in [5.74, 6) is -2.99. The number of aromatic nitrogens is 3. The second-order valence-corrected chi connectivity index (χ2v) is 7.27. The summed E-state index contributed by atoms with van der Waals surface area (Å²) in [4.78, 5) is 28.9. The molecule has 1 atom stereocenters. The van der Waals surface area contributed by atoms with E-state index >= 15 is 0 Å². The number of nitrogens with one attached hydrogen (secondary N) is 1. The molecule has 1 unspecified atom stereocenters. The number of amides is 1. The van der Waals surface area contributed by atoms with Crippen molar-refractivity contribution in [1.29, 1.82) is 0 Å². The highest BCUT2D eigenvalue weighted by molar-refractivity contribution is 6.36. The lowest BCUT2D eigenvalue weighted by Gasteiger charge is -2.16. The van der Waals surface area contributed by atoms with Gasteiger partial charge < -0.3 is 14.5 Å². The SMILES string of the molecule is CC(OC(=O)c1cc(F)cc2c(Cl)c(CNC(=O)c3cnn4cccnc34)oc12)C(F)(F)F. The average Bonchev–Trinajstić information content (AvgIpc) is 3.32. The lowest BCUT2D eigenvalue weighted by Crippen LogP contribution is -2.31. The normalized spacial score (nSPS) is 12.8. The largest absolute Gasteiger partial charge is 0.457 e. The van der Waals surface area contributed by atoms with Gasteiger partial charge >= 0.3 is 12.1 Å². The maximum absolute atomic E-state index is 14.1. The Morgan fingerprint density at radius 2 is 2.06 bits per heavy atom. The van der Waals surface area contributed by atoms with Gasteiger partial charge in [0.15, 0.2) is 17.3 Å². The van der Waals surface area contributed by atoms with E-state index in [1.807, 2.05) is 0 Å². The molecule has 0 spiro atoms. The first-order chi connectivity index (χ1) is 15.6. The van der Waals surface area contributed by atoms with Crippen LogP contribution in [0.2, 0.25) is 5.02 Å². The van der Waals surface area contributed by atoms with Gasteiger partial charge in [-0.3, -0.25) is 4.79 Å². The highest BCUT2D eigenvalue weighted by Gasteiger charge is 2.39. The number of fused-ring (bicyclic) bond motifs is 2. The zero-order valence-corrected chi connectivity index (χ0v) is 17.4. The summed E-state index contributed by atoms with van der Waals surface area (Å²) < 4.78 is 63.5. The van der Waals surface area contributed by atoms with Gasteiger partial charge in [-0.15, -0.1) is 0 Å². The molecular formula is C20H13ClF4N4O4. The minimum absolute atomic E-state index is 0.0482. The molecule has 1 aromatic carbocycles. The summed E-state index contributed by atoms with van der Waals surface area (Å²) in [5.41, 5.74) is -0.383. The monoisotopic (exact) mass is 484 g/mol. The zero-order valence-electron chi connectivity index (χ0n) is 16.6. The van der Waals surface area contributed by atoms with Crippen LogP contribution in [0, 0.1) is 5.82 Å². The molecule has 0 saturated heterocycles. The summed E-state index contributed by atoms with van der Waals surface area (Å²) in [5, 5.41) is 6.35. The van der Waals surface area contributed by atoms with E-state index in [1.165, 1.54) is 16.9 Å². The number of esters is 1. The van der Waals surface area contributed by atoms with E-state index in [1.54, 1.807) is 12.3 Å². The lowest BCUT2D eigenvalue weighted by atomic mass is 10.1. The molecule has 0 saturated carbocycles. The molecule has 0 fully saturated rings. The maximum atomic E-state index is 14.1. The zero-order chi connectivity index (χ0) is 23.9. The predicted octanol–water partition coefficient (Wildman–Crippen LogP) is 4.31. The molecule has 0 aliphatic heterocycles. The number of benzene rings is 1. The van der Waals surface area contributed by atoms with Gasteiger partial charge in [0.25, 0.3) is 5.91 Å². The van der Waals surface area contributed by atoms with Gasteiger partial charge in [-0.05, 0) is 25.1 Å².